The van der Waals surface area contributed by atoms with Crippen LogP contribution in [0.1, 0.15) is 13.8 Å². The van der Waals surface area contributed by atoms with E-state index < -0.39 is 12.0 Å². The van der Waals surface area contributed by atoms with Crippen LogP contribution >= 0.6 is 0 Å². The van der Waals surface area contributed by atoms with E-state index >= 15 is 0 Å². The number of carboxylic acid groups (broad SMARTS) is 1. The Morgan fingerprint density at radius 3 is 2.78 bits per heavy atom. The Labute approximate surface area is 130 Å². The van der Waals surface area contributed by atoms with Crippen LogP contribution < -0.4 is 5.32 Å². The van der Waals surface area contributed by atoms with Gasteiger partial charge < -0.3 is 20.5 Å². The van der Waals surface area contributed by atoms with Gasteiger partial charge in [0, 0.05) is 44.9 Å². The number of pyridine rings is 1. The molecule has 0 fully saturated rings. The first-order valence-electron chi connectivity index (χ1n) is 4.89. The van der Waals surface area contributed by atoms with Crippen LogP contribution in [0.4, 0.5) is 5.69 Å². The summed E-state index contributed by atoms with van der Waals surface area (Å²) in [6.45, 7) is 3.35. The Morgan fingerprint density at radius 2 is 2.28 bits per heavy atom. The summed E-state index contributed by atoms with van der Waals surface area (Å²) in [6, 6.07) is 0.586. The summed E-state index contributed by atoms with van der Waals surface area (Å²) in [5.74, 6) is -0.455. The van der Waals surface area contributed by atoms with E-state index in [2.05, 4.69) is 21.6 Å². The molecule has 0 saturated carbocycles. The fraction of sp³-hybridized carbons (Fsp3) is 0.273. The van der Waals surface area contributed by atoms with E-state index in [0.717, 1.165) is 0 Å². The fourth-order valence-electron chi connectivity index (χ4n) is 1.08. The minimum Gasteiger partial charge on any atom is -0.523 e. The molecule has 0 saturated heterocycles. The van der Waals surface area contributed by atoms with Crippen LogP contribution in [-0.4, -0.2) is 33.5 Å². The molecule has 1 rings (SSSR count). The maximum atomic E-state index is 10.8. The zero-order valence-electron chi connectivity index (χ0n) is 10.1. The van der Waals surface area contributed by atoms with Gasteiger partial charge >= 0.3 is 0 Å². The van der Waals surface area contributed by atoms with Gasteiger partial charge in [-0.25, -0.2) is 0 Å². The van der Waals surface area contributed by atoms with Crippen molar-refractivity contribution in [3.8, 4) is 5.75 Å². The van der Waals surface area contributed by atoms with Gasteiger partial charge in [-0.3, -0.25) is 15.7 Å². The summed E-state index contributed by atoms with van der Waals surface area (Å²) in [4.78, 5) is 18.2. The number of rotatable bonds is 5. The minimum absolute atomic E-state index is 0. The number of aliphatic imine (C=N–C) groups is 1. The maximum absolute atomic E-state index is 10.8. The number of aromatic nitrogens is 1. The first-order chi connectivity index (χ1) is 8.02. The Kier molecular flexibility index (Phi) is 7.70. The van der Waals surface area contributed by atoms with E-state index in [1.165, 1.54) is 18.5 Å². The molecule has 7 heteroatoms. The van der Waals surface area contributed by atoms with Crippen LogP contribution in [0.3, 0.4) is 0 Å². The molecule has 3 N–H and O–H groups in total. The quantitative estimate of drug-likeness (QED) is 0.327. The second kappa shape index (κ2) is 8.16. The van der Waals surface area contributed by atoms with E-state index in [0.29, 0.717) is 11.6 Å². The third-order valence-corrected chi connectivity index (χ3v) is 1.97. The van der Waals surface area contributed by atoms with E-state index in [9.17, 15) is 9.90 Å². The zero-order valence-corrected chi connectivity index (χ0v) is 12.9. The first kappa shape index (κ1) is 17.0. The fourth-order valence-corrected chi connectivity index (χ4v) is 1.08. The molecule has 1 heterocycles. The molecule has 0 aliphatic rings. The molecule has 1 unspecified atom stereocenters. The van der Waals surface area contributed by atoms with Crippen LogP contribution in [0.5, 0.6) is 5.75 Å². The van der Waals surface area contributed by atoms with Gasteiger partial charge in [0.15, 0.2) is 0 Å². The van der Waals surface area contributed by atoms with E-state index in [1.54, 1.807) is 13.8 Å². The molecule has 0 aliphatic heterocycles. The van der Waals surface area contributed by atoms with Crippen LogP contribution in [0.15, 0.2) is 23.5 Å². The predicted molar refractivity (Wildman–Crippen MR) is 63.0 cm³/mol. The predicted octanol–water partition coefficient (Wildman–Crippen LogP) is 1.17. The molecule has 0 aliphatic carbocycles. The van der Waals surface area contributed by atoms with Crippen molar-refractivity contribution in [2.75, 3.05) is 5.32 Å². The molecule has 1 aromatic heterocycles. The van der Waals surface area contributed by atoms with Crippen molar-refractivity contribution in [3.63, 3.8) is 0 Å². The van der Waals surface area contributed by atoms with Gasteiger partial charge in [-0.15, -0.1) is 0 Å². The number of anilines is 1. The molecule has 1 aromatic rings. The van der Waals surface area contributed by atoms with Crippen molar-refractivity contribution >= 4 is 18.0 Å². The van der Waals surface area contributed by atoms with Crippen LogP contribution in [0.2, 0.25) is 0 Å². The van der Waals surface area contributed by atoms with E-state index in [4.69, 9.17) is 5.11 Å². The number of aliphatic carboxylic acids is 1. The summed E-state index contributed by atoms with van der Waals surface area (Å²) in [6.07, 6.45) is 5.13. The number of hydrogen-bond donors (Lipinski definition) is 3. The molecule has 18 heavy (non-hydrogen) atoms. The van der Waals surface area contributed by atoms with Gasteiger partial charge in [0.1, 0.15) is 0 Å². The molecular formula is C11H13N3O3Y-2. The standard InChI is InChI=1S/C11H13N3O3.Y/c1-7(2)10(11(16)17)14-6-13-8-3-4-12-5-9(8)15;/h3-5,10,15H,1-2H3,(H,16,17)(H,12,13,14);/q-2;. The van der Waals surface area contributed by atoms with Crippen molar-refractivity contribution in [1.29, 1.82) is 0 Å². The molecule has 0 spiro atoms. The second-order valence-electron chi connectivity index (χ2n) is 3.58. The van der Waals surface area contributed by atoms with E-state index in [-0.39, 0.29) is 38.5 Å². The Balaban J connectivity index is 0.00000289. The molecule has 0 amide bonds. The third kappa shape index (κ3) is 5.10. The average Bonchev–Trinajstić information content (AvgIpc) is 2.25. The van der Waals surface area contributed by atoms with Crippen LogP contribution in [-0.2, 0) is 37.5 Å². The number of aromatic hydroxyl groups is 1. The SMILES string of the molecule is C[C-](C)C(N=[C-]Nc1ccncc1O)C(=O)O.[Y]. The summed E-state index contributed by atoms with van der Waals surface area (Å²) in [7, 11) is 0. The van der Waals surface area contributed by atoms with Crippen molar-refractivity contribution < 1.29 is 47.7 Å². The number of nitrogens with zero attached hydrogens (tertiary/aromatic N) is 2. The van der Waals surface area contributed by atoms with Crippen molar-refractivity contribution in [1.82, 2.24) is 4.98 Å². The average molecular weight is 324 g/mol. The molecule has 6 nitrogen and oxygen atoms in total. The number of hydrogen-bond acceptors (Lipinski definition) is 4. The van der Waals surface area contributed by atoms with E-state index in [1.807, 2.05) is 0 Å². The Bertz CT molecular complexity index is 424. The van der Waals surface area contributed by atoms with Crippen molar-refractivity contribution in [2.24, 2.45) is 4.99 Å². The molecule has 1 atom stereocenters. The number of carboxylic acids is 1. The van der Waals surface area contributed by atoms with Gasteiger partial charge in [-0.1, -0.05) is 18.1 Å². The minimum atomic E-state index is -1.04. The second-order valence-corrected chi connectivity index (χ2v) is 3.58. The monoisotopic (exact) mass is 324 g/mol. The maximum Gasteiger partial charge on any atom is 0.295 e. The van der Waals surface area contributed by atoms with Gasteiger partial charge in [-0.2, -0.15) is 13.8 Å². The smallest absolute Gasteiger partial charge is 0.295 e. The molecule has 95 valence electrons. The number of carbonyl (C=O) groups is 1. The first-order valence-corrected chi connectivity index (χ1v) is 4.89. The topological polar surface area (TPSA) is 94.8 Å². The summed E-state index contributed by atoms with van der Waals surface area (Å²) >= 11 is 0. The largest absolute Gasteiger partial charge is 0.523 e. The number of nitrogens with one attached hydrogen (secondary N) is 1. The molecule has 1 radical (unpaired) electrons. The normalized spacial score (nSPS) is 12.2. The van der Waals surface area contributed by atoms with Gasteiger partial charge in [-0.05, 0) is 0 Å². The van der Waals surface area contributed by atoms with Crippen LogP contribution in [0.25, 0.3) is 0 Å². The third-order valence-electron chi connectivity index (χ3n) is 1.97. The summed E-state index contributed by atoms with van der Waals surface area (Å²) in [5.41, 5.74) is 0.363. The molecule has 0 bridgehead atoms. The van der Waals surface area contributed by atoms with Gasteiger partial charge in [0.2, 0.25) is 0 Å². The summed E-state index contributed by atoms with van der Waals surface area (Å²) in [5, 5.41) is 20.8. The zero-order chi connectivity index (χ0) is 12.8. The summed E-state index contributed by atoms with van der Waals surface area (Å²) < 4.78 is 0. The van der Waals surface area contributed by atoms with Crippen molar-refractivity contribution in [2.45, 2.75) is 19.9 Å². The molecule has 0 aromatic carbocycles. The van der Waals surface area contributed by atoms with Gasteiger partial charge in [0.25, 0.3) is 5.97 Å². The molecular weight excluding hydrogens is 311 g/mol. The van der Waals surface area contributed by atoms with Gasteiger partial charge in [0.05, 0.1) is 11.9 Å². The Morgan fingerprint density at radius 1 is 1.61 bits per heavy atom. The Hall–Kier alpha value is -1.01. The van der Waals surface area contributed by atoms with Crippen molar-refractivity contribution in [3.05, 3.63) is 24.4 Å². The van der Waals surface area contributed by atoms with Crippen LogP contribution in [0, 0.1) is 5.92 Å².